The maximum absolute atomic E-state index is 13.5. The minimum Gasteiger partial charge on any atom is -0.487 e. The van der Waals surface area contributed by atoms with Gasteiger partial charge < -0.3 is 14.7 Å². The molecule has 0 unspecified atom stereocenters. The third-order valence-electron chi connectivity index (χ3n) is 5.54. The van der Waals surface area contributed by atoms with Gasteiger partial charge in [0, 0.05) is 25.0 Å². The lowest BCUT2D eigenvalue weighted by atomic mass is 10.0. The first-order valence-corrected chi connectivity index (χ1v) is 11.7. The molecule has 2 aromatic carbocycles. The van der Waals surface area contributed by atoms with Gasteiger partial charge >= 0.3 is 0 Å². The van der Waals surface area contributed by atoms with Crippen molar-refractivity contribution in [3.8, 4) is 22.9 Å². The predicted octanol–water partition coefficient (Wildman–Crippen LogP) is 2.56. The Hall–Kier alpha value is -2.44. The first-order valence-electron chi connectivity index (χ1n) is 10.3. The number of likely N-dealkylation sites (N-methyl/N-ethyl adjacent to an activating group) is 1. The Kier molecular flexibility index (Phi) is 7.02. The molecule has 0 radical (unpaired) electrons. The zero-order chi connectivity index (χ0) is 22.8. The molecule has 1 aliphatic rings. The first-order chi connectivity index (χ1) is 14.7. The van der Waals surface area contributed by atoms with Gasteiger partial charge in [-0.2, -0.15) is 9.57 Å². The van der Waals surface area contributed by atoms with Crippen LogP contribution < -0.4 is 4.74 Å². The van der Waals surface area contributed by atoms with Gasteiger partial charge in [0.15, 0.2) is 0 Å². The lowest BCUT2D eigenvalue weighted by molar-refractivity contribution is 0.0813. The van der Waals surface area contributed by atoms with Gasteiger partial charge in [-0.1, -0.05) is 25.1 Å². The molecule has 1 heterocycles. The number of nitriles is 1. The molecule has 166 valence electrons. The minimum atomic E-state index is -3.87. The van der Waals surface area contributed by atoms with Gasteiger partial charge in [-0.15, -0.1) is 0 Å². The summed E-state index contributed by atoms with van der Waals surface area (Å²) in [7, 11) is 0.0295. The fraction of sp³-hybridized carbons (Fsp3) is 0.435. The second-order valence-corrected chi connectivity index (χ2v) is 10.2. The standard InChI is InChI=1S/C23H29N3O4S/c1-16-13-26(17(2)15-27)31(28,29)23-9-8-20(19-7-5-6-18(10-19)12-24)11-21(23)30-22(16)14-25(3)4/h5-11,16-17,22,27H,13-15H2,1-4H3/t16-,17+,22-/m1/s1. The third-order valence-corrected chi connectivity index (χ3v) is 7.56. The van der Waals surface area contributed by atoms with Crippen molar-refractivity contribution >= 4 is 10.0 Å². The normalized spacial score (nSPS) is 22.0. The Balaban J connectivity index is 2.16. The molecule has 31 heavy (non-hydrogen) atoms. The zero-order valence-corrected chi connectivity index (χ0v) is 19.1. The van der Waals surface area contributed by atoms with E-state index in [-0.39, 0.29) is 35.8 Å². The van der Waals surface area contributed by atoms with Crippen molar-refractivity contribution in [3.05, 3.63) is 48.0 Å². The van der Waals surface area contributed by atoms with Crippen LogP contribution in [0.15, 0.2) is 47.4 Å². The van der Waals surface area contributed by atoms with Gasteiger partial charge in [-0.05, 0) is 56.4 Å². The van der Waals surface area contributed by atoms with Crippen molar-refractivity contribution in [1.29, 1.82) is 5.26 Å². The van der Waals surface area contributed by atoms with Crippen LogP contribution in [-0.4, -0.2) is 68.7 Å². The highest BCUT2D eigenvalue weighted by molar-refractivity contribution is 7.89. The van der Waals surface area contributed by atoms with Crippen LogP contribution in [0.5, 0.6) is 5.75 Å². The summed E-state index contributed by atoms with van der Waals surface area (Å²) in [5.74, 6) is 0.193. The summed E-state index contributed by atoms with van der Waals surface area (Å²) < 4.78 is 34.6. The largest absolute Gasteiger partial charge is 0.487 e. The number of rotatable bonds is 5. The molecule has 0 bridgehead atoms. The van der Waals surface area contributed by atoms with Crippen molar-refractivity contribution in [3.63, 3.8) is 0 Å². The summed E-state index contributed by atoms with van der Waals surface area (Å²) >= 11 is 0. The molecule has 7 nitrogen and oxygen atoms in total. The van der Waals surface area contributed by atoms with Gasteiger partial charge in [-0.25, -0.2) is 8.42 Å². The molecule has 1 aliphatic heterocycles. The number of hydrogen-bond donors (Lipinski definition) is 1. The molecule has 1 N–H and O–H groups in total. The molecule has 3 atom stereocenters. The Morgan fingerprint density at radius 1 is 1.26 bits per heavy atom. The molecule has 2 aromatic rings. The van der Waals surface area contributed by atoms with E-state index < -0.39 is 16.1 Å². The maximum Gasteiger partial charge on any atom is 0.247 e. The molecule has 0 fully saturated rings. The smallest absolute Gasteiger partial charge is 0.247 e. The number of aliphatic hydroxyl groups excluding tert-OH is 1. The highest BCUT2D eigenvalue weighted by Crippen LogP contribution is 2.36. The fourth-order valence-corrected chi connectivity index (χ4v) is 5.58. The topological polar surface area (TPSA) is 93.9 Å². The highest BCUT2D eigenvalue weighted by Gasteiger charge is 2.37. The lowest BCUT2D eigenvalue weighted by Crippen LogP contribution is -2.49. The summed E-state index contributed by atoms with van der Waals surface area (Å²) in [6.07, 6.45) is -0.238. The van der Waals surface area contributed by atoms with Gasteiger partial charge in [0.05, 0.1) is 18.2 Å². The molecule has 0 spiro atoms. The van der Waals surface area contributed by atoms with E-state index in [1.54, 1.807) is 43.3 Å². The average Bonchev–Trinajstić information content (AvgIpc) is 2.75. The average molecular weight is 444 g/mol. The van der Waals surface area contributed by atoms with E-state index in [0.29, 0.717) is 12.1 Å². The van der Waals surface area contributed by atoms with Crippen LogP contribution in [0.2, 0.25) is 0 Å². The van der Waals surface area contributed by atoms with Crippen LogP contribution in [0, 0.1) is 17.2 Å². The maximum atomic E-state index is 13.5. The van der Waals surface area contributed by atoms with Gasteiger partial charge in [0.2, 0.25) is 10.0 Å². The van der Waals surface area contributed by atoms with E-state index in [0.717, 1.165) is 11.1 Å². The molecule has 0 amide bonds. The molecule has 0 saturated carbocycles. The van der Waals surface area contributed by atoms with Crippen LogP contribution >= 0.6 is 0 Å². The molecule has 0 aliphatic carbocycles. The fourth-order valence-electron chi connectivity index (χ4n) is 3.75. The van der Waals surface area contributed by atoms with E-state index >= 15 is 0 Å². The molecule has 0 saturated heterocycles. The number of hydrogen-bond acceptors (Lipinski definition) is 6. The SMILES string of the molecule is C[C@@H]1CN([C@@H](C)CO)S(=O)(=O)c2ccc(-c3cccc(C#N)c3)cc2O[C@@H]1CN(C)C. The summed E-state index contributed by atoms with van der Waals surface area (Å²) in [6, 6.07) is 13.7. The molecular weight excluding hydrogens is 414 g/mol. The van der Waals surface area contributed by atoms with E-state index in [4.69, 9.17) is 4.74 Å². The van der Waals surface area contributed by atoms with Crippen molar-refractivity contribution in [2.24, 2.45) is 5.92 Å². The number of sulfonamides is 1. The van der Waals surface area contributed by atoms with Gasteiger partial charge in [0.25, 0.3) is 0 Å². The van der Waals surface area contributed by atoms with Crippen molar-refractivity contribution in [2.75, 3.05) is 33.8 Å². The Bertz CT molecular complexity index is 1080. The minimum absolute atomic E-state index is 0.0867. The van der Waals surface area contributed by atoms with Crippen LogP contribution in [-0.2, 0) is 10.0 Å². The summed E-state index contributed by atoms with van der Waals surface area (Å²) in [5.41, 5.74) is 2.10. The van der Waals surface area contributed by atoms with Crippen LogP contribution in [0.1, 0.15) is 19.4 Å². The monoisotopic (exact) mass is 443 g/mol. The summed E-state index contributed by atoms with van der Waals surface area (Å²) in [5, 5.41) is 18.9. The molecule has 3 rings (SSSR count). The quantitative estimate of drug-likeness (QED) is 0.763. The van der Waals surface area contributed by atoms with E-state index in [1.165, 1.54) is 4.31 Å². The second-order valence-electron chi connectivity index (χ2n) is 8.36. The lowest BCUT2D eigenvalue weighted by Gasteiger charge is -2.37. The number of aliphatic hydroxyl groups is 1. The first kappa shape index (κ1) is 23.2. The van der Waals surface area contributed by atoms with Crippen LogP contribution in [0.25, 0.3) is 11.1 Å². The Morgan fingerprint density at radius 3 is 2.61 bits per heavy atom. The summed E-state index contributed by atoms with van der Waals surface area (Å²) in [6.45, 7) is 4.28. The Labute approximate surface area is 184 Å². The number of ether oxygens (including phenoxy) is 1. The number of nitrogens with zero attached hydrogens (tertiary/aromatic N) is 3. The number of benzene rings is 2. The van der Waals surface area contributed by atoms with Crippen LogP contribution in [0.3, 0.4) is 0 Å². The van der Waals surface area contributed by atoms with Gasteiger partial charge in [-0.3, -0.25) is 0 Å². The summed E-state index contributed by atoms with van der Waals surface area (Å²) in [4.78, 5) is 2.10. The number of fused-ring (bicyclic) bond motifs is 1. The van der Waals surface area contributed by atoms with Gasteiger partial charge in [0.1, 0.15) is 16.7 Å². The molecule has 0 aromatic heterocycles. The van der Waals surface area contributed by atoms with Crippen LogP contribution in [0.4, 0.5) is 0 Å². The zero-order valence-electron chi connectivity index (χ0n) is 18.3. The van der Waals surface area contributed by atoms with Crippen molar-refractivity contribution in [2.45, 2.75) is 30.9 Å². The second kappa shape index (κ2) is 9.37. The Morgan fingerprint density at radius 2 is 1.97 bits per heavy atom. The molecular formula is C23H29N3O4S. The highest BCUT2D eigenvalue weighted by atomic mass is 32.2. The van der Waals surface area contributed by atoms with E-state index in [9.17, 15) is 18.8 Å². The molecule has 8 heteroatoms. The third kappa shape index (κ3) is 4.91. The van der Waals surface area contributed by atoms with Crippen molar-refractivity contribution in [1.82, 2.24) is 9.21 Å². The van der Waals surface area contributed by atoms with E-state index in [1.807, 2.05) is 32.0 Å². The van der Waals surface area contributed by atoms with Crippen molar-refractivity contribution < 1.29 is 18.3 Å². The van der Waals surface area contributed by atoms with E-state index in [2.05, 4.69) is 6.07 Å². The predicted molar refractivity (Wildman–Crippen MR) is 119 cm³/mol.